The average molecular weight is 1850 g/mol. The van der Waals surface area contributed by atoms with Crippen molar-refractivity contribution in [3.63, 3.8) is 0 Å². The molecule has 0 N–H and O–H groups in total. The Bertz CT molecular complexity index is 11700. The molecule has 8 nitrogen and oxygen atoms in total. The maximum absolute atomic E-state index is 6.57. The van der Waals surface area contributed by atoms with Crippen LogP contribution < -0.4 is 0 Å². The fraction of sp³-hybridized carbons (Fsp3) is 0. The van der Waals surface area contributed by atoms with Crippen LogP contribution in [0.2, 0.25) is 0 Å². The van der Waals surface area contributed by atoms with E-state index in [4.69, 9.17) is 17.7 Å². The Morgan fingerprint density at radius 2 is 0.414 bits per heavy atom. The molecule has 0 bridgehead atoms. The molecule has 12 heteroatoms. The van der Waals surface area contributed by atoms with E-state index < -0.39 is 0 Å². The maximum atomic E-state index is 6.57. The molecule has 36 aromatic rings. The summed E-state index contributed by atoms with van der Waals surface area (Å²) < 4.78 is 45.9. The molecule has 0 aliphatic rings. The predicted molar refractivity (Wildman–Crippen MR) is 600 cm³/mol. The molecular weight excluding hydrogens is 1790 g/mol. The second kappa shape index (κ2) is 28.2. The minimum Gasteiger partial charge on any atom is -0.456 e. The third-order valence-corrected chi connectivity index (χ3v) is 35.0. The van der Waals surface area contributed by atoms with Crippen LogP contribution in [-0.4, -0.2) is 17.6 Å². The fourth-order valence-corrected chi connectivity index (χ4v) is 29.2. The van der Waals surface area contributed by atoms with Crippen molar-refractivity contribution in [2.45, 2.75) is 0 Å². The number of hydrogen-bond acceptors (Lipinski definition) is 8. The van der Waals surface area contributed by atoms with Crippen LogP contribution >= 0.6 is 45.3 Å². The molecule has 16 aromatic heterocycles. The minimum atomic E-state index is 0.934. The van der Waals surface area contributed by atoms with Crippen LogP contribution in [0.5, 0.6) is 0 Å². The summed E-state index contributed by atoms with van der Waals surface area (Å²) in [5.41, 5.74) is 17.6. The average Bonchev–Trinajstić information content (AvgIpc) is 1.54. The highest BCUT2D eigenvalue weighted by Crippen LogP contribution is 2.53. The lowest BCUT2D eigenvalue weighted by molar-refractivity contribution is 0.669. The van der Waals surface area contributed by atoms with Gasteiger partial charge in [0.1, 0.15) is 44.7 Å². The Morgan fingerprint density at radius 1 is 0.143 bits per heavy atom. The lowest BCUT2D eigenvalue weighted by atomic mass is 9.98. The van der Waals surface area contributed by atoms with Gasteiger partial charge in [-0.2, -0.15) is 0 Å². The summed E-state index contributed by atoms with van der Waals surface area (Å²) in [4.78, 5) is 0. The van der Waals surface area contributed by atoms with Crippen LogP contribution in [-0.2, 0) is 0 Å². The van der Waals surface area contributed by atoms with Crippen LogP contribution in [0.25, 0.3) is 320 Å². The molecule has 0 aliphatic carbocycles. The van der Waals surface area contributed by atoms with Gasteiger partial charge in [0.2, 0.25) is 0 Å². The number of pyridine rings is 4. The normalized spacial score (nSPS) is 12.6. The molecule has 140 heavy (non-hydrogen) atoms. The highest BCUT2D eigenvalue weighted by Gasteiger charge is 2.28. The summed E-state index contributed by atoms with van der Waals surface area (Å²) in [5.74, 6) is 0. The number of rotatable bonds is 0. The maximum Gasteiger partial charge on any atom is 0.145 e. The number of nitrogens with zero attached hydrogens (tertiary/aromatic N) is 4. The van der Waals surface area contributed by atoms with E-state index in [1.807, 2.05) is 69.6 Å². The van der Waals surface area contributed by atoms with E-state index in [0.717, 1.165) is 44.7 Å². The van der Waals surface area contributed by atoms with Gasteiger partial charge in [-0.3, -0.25) is 0 Å². The van der Waals surface area contributed by atoms with E-state index in [1.54, 1.807) is 0 Å². The number of furan rings is 4. The van der Waals surface area contributed by atoms with Crippen molar-refractivity contribution in [3.05, 3.63) is 413 Å². The van der Waals surface area contributed by atoms with Crippen molar-refractivity contribution in [3.8, 4) is 0 Å². The Kier molecular flexibility index (Phi) is 15.3. The van der Waals surface area contributed by atoms with Crippen molar-refractivity contribution < 1.29 is 17.7 Å². The number of hydrogen-bond donors (Lipinski definition) is 0. The number of aromatic nitrogens is 4. The highest BCUT2D eigenvalue weighted by molar-refractivity contribution is 7.28. The molecule has 0 aliphatic heterocycles. The summed E-state index contributed by atoms with van der Waals surface area (Å²) in [6.45, 7) is 0. The van der Waals surface area contributed by atoms with Gasteiger partial charge in [-0.1, -0.05) is 297 Å². The first-order valence-electron chi connectivity index (χ1n) is 47.4. The molecule has 0 unspecified atom stereocenters. The van der Waals surface area contributed by atoms with E-state index >= 15 is 0 Å². The Balaban J connectivity index is 0.0000000829. The summed E-state index contributed by atoms with van der Waals surface area (Å²) in [5, 5.41) is 45.1. The Hall–Kier alpha value is -17.4. The second-order valence-corrected chi connectivity index (χ2v) is 41.6. The van der Waals surface area contributed by atoms with Gasteiger partial charge in [-0.05, 0) is 113 Å². The molecule has 648 valence electrons. The van der Waals surface area contributed by atoms with Crippen LogP contribution in [0.1, 0.15) is 0 Å². The molecule has 0 saturated carbocycles. The van der Waals surface area contributed by atoms with Gasteiger partial charge >= 0.3 is 0 Å². The lowest BCUT2D eigenvalue weighted by Gasteiger charge is -2.12. The van der Waals surface area contributed by atoms with Gasteiger partial charge in [-0.15, -0.1) is 45.3 Å². The summed E-state index contributed by atoms with van der Waals surface area (Å²) in [6.07, 6.45) is 9.24. The van der Waals surface area contributed by atoms with Gasteiger partial charge in [-0.25, -0.2) is 0 Å². The summed E-state index contributed by atoms with van der Waals surface area (Å²) in [6, 6.07) is 140. The molecule has 0 saturated heterocycles. The van der Waals surface area contributed by atoms with Crippen LogP contribution in [0.15, 0.2) is 431 Å². The Labute approximate surface area is 807 Å². The van der Waals surface area contributed by atoms with Crippen LogP contribution in [0.3, 0.4) is 0 Å². The Morgan fingerprint density at radius 3 is 0.850 bits per heavy atom. The van der Waals surface area contributed by atoms with Gasteiger partial charge in [0, 0.05) is 211 Å². The van der Waals surface area contributed by atoms with Crippen LogP contribution in [0, 0.1) is 0 Å². The van der Waals surface area contributed by atoms with Gasteiger partial charge in [0.15, 0.2) is 0 Å². The molecule has 0 spiro atoms. The van der Waals surface area contributed by atoms with E-state index in [9.17, 15) is 0 Å². The zero-order chi connectivity index (χ0) is 90.7. The van der Waals surface area contributed by atoms with Gasteiger partial charge in [0.25, 0.3) is 0 Å². The summed E-state index contributed by atoms with van der Waals surface area (Å²) in [7, 11) is 0. The van der Waals surface area contributed by atoms with E-state index in [1.165, 1.54) is 276 Å². The van der Waals surface area contributed by atoms with E-state index in [2.05, 4.69) is 406 Å². The first-order chi connectivity index (χ1) is 69.4. The molecule has 0 fully saturated rings. The molecule has 16 heterocycles. The van der Waals surface area contributed by atoms with Crippen molar-refractivity contribution in [2.24, 2.45) is 0 Å². The monoisotopic (exact) mass is 1850 g/mol. The molecule has 0 atom stereocenters. The SMILES string of the molecule is c1ccc2c(c1)cn1c2c2cc3c(cc2c2ccc4c5ccccc5sc4c21)oc1ccccc13.c1ccc2c(c1)cn1c2c2cc3oc4ccccc4c3cc2c2ccc3c4ccccc4sc3c21.c1ccc2c(c1)cn1c3c(ccc4c5ccccc5sc43)c3ccc4c5ccccc5oc4c3c21.c1ccc2c(c1)cn1c3c(ccc4c5ccccc5sc43)c3ccc4oc5ccccc5c4c3c21. The van der Waals surface area contributed by atoms with Crippen molar-refractivity contribution in [1.29, 1.82) is 0 Å². The summed E-state index contributed by atoms with van der Waals surface area (Å²) >= 11 is 7.56. The molecular formula is C128H68N4O4S4. The smallest absolute Gasteiger partial charge is 0.145 e. The second-order valence-electron chi connectivity index (χ2n) is 37.4. The third-order valence-electron chi connectivity index (χ3n) is 30.2. The first kappa shape index (κ1) is 75.9. The van der Waals surface area contributed by atoms with E-state index in [-0.39, 0.29) is 0 Å². The number of thiophene rings is 4. The van der Waals surface area contributed by atoms with E-state index in [0.29, 0.717) is 0 Å². The standard InChI is InChI=1S/4C32H17NOS/c1-2-8-19-18(7-1)17-33-30(19)29-21(15-16-26-28(29)24-10-3-5-11-25(24)34-26)22-13-14-23-20-9-4-6-12-27(20)35-32(23)31(22)33;1-2-8-19-18(7-1)17-33-29(19)28-22(13-15-24-20-9-3-5-11-26(20)34-31(24)28)23-14-16-25-21-10-4-6-12-27(21)35-32(25)30(23)33;1-2-8-19-18(7-1)17-33-30(19)26-15-25-20-9-3-5-11-27(20)34-28(25)16-24(26)22-13-14-23-21-10-4-6-12-29(21)35-32(23)31(22)33;1-2-8-19-18(7-1)17-33-30(19)26-16-28-25(20-9-3-5-11-27(20)34-28)15-24(26)22-13-14-23-21-10-4-6-12-29(21)35-32(23)31(22)33/h4*1-17H. The van der Waals surface area contributed by atoms with Crippen molar-refractivity contribution >= 4 is 366 Å². The van der Waals surface area contributed by atoms with Crippen LogP contribution in [0.4, 0.5) is 0 Å². The molecule has 0 radical (unpaired) electrons. The number of para-hydroxylation sites is 4. The quantitative estimate of drug-likeness (QED) is 0.142. The molecule has 20 aromatic carbocycles. The third kappa shape index (κ3) is 10.3. The first-order valence-corrected chi connectivity index (χ1v) is 50.7. The largest absolute Gasteiger partial charge is 0.456 e. The van der Waals surface area contributed by atoms with Gasteiger partial charge < -0.3 is 35.3 Å². The molecule has 0 amide bonds. The minimum absolute atomic E-state index is 0.934. The highest BCUT2D eigenvalue weighted by atomic mass is 32.1. The fourth-order valence-electron chi connectivity index (χ4n) is 24.2. The zero-order valence-electron chi connectivity index (χ0n) is 74.3. The van der Waals surface area contributed by atoms with Crippen molar-refractivity contribution in [2.75, 3.05) is 0 Å². The number of fused-ring (bicyclic) bond motifs is 62. The number of benzene rings is 20. The lowest BCUT2D eigenvalue weighted by Crippen LogP contribution is -1.90. The topological polar surface area (TPSA) is 70.2 Å². The molecule has 36 rings (SSSR count). The van der Waals surface area contributed by atoms with Gasteiger partial charge in [0.05, 0.1) is 68.3 Å². The zero-order valence-corrected chi connectivity index (χ0v) is 77.6. The predicted octanol–water partition coefficient (Wildman–Crippen LogP) is 38.7. The van der Waals surface area contributed by atoms with Crippen molar-refractivity contribution in [1.82, 2.24) is 17.6 Å².